The molecule has 19 heavy (non-hydrogen) atoms. The third kappa shape index (κ3) is 2.49. The number of nitrogens with zero attached hydrogens (tertiary/aromatic N) is 1. The molecule has 0 amide bonds. The summed E-state index contributed by atoms with van der Waals surface area (Å²) in [5.74, 6) is -0.878. The van der Waals surface area contributed by atoms with Crippen LogP contribution in [0.5, 0.6) is 0 Å². The number of nitrogens with two attached hydrogens (primary N) is 1. The Labute approximate surface area is 112 Å². The summed E-state index contributed by atoms with van der Waals surface area (Å²) in [6.07, 6.45) is 4.17. The average Bonchev–Trinajstić information content (AvgIpc) is 2.67. The molecular formula is C15H20N2O2. The Morgan fingerprint density at radius 3 is 2.74 bits per heavy atom. The van der Waals surface area contributed by atoms with Crippen LogP contribution in [0.15, 0.2) is 18.3 Å². The van der Waals surface area contributed by atoms with Gasteiger partial charge in [-0.1, -0.05) is 13.3 Å². The molecule has 3 N–H and O–H groups in total. The summed E-state index contributed by atoms with van der Waals surface area (Å²) >= 11 is 0. The standard InChI is InChI=1S/C15H20N2O2/c1-3-4-11-9-17(6-5-16)14-8-12(15(18)19)10(2)7-13(11)14/h7-9H,3-6,16H2,1-2H3,(H,18,19). The highest BCUT2D eigenvalue weighted by molar-refractivity contribution is 5.96. The second-order valence-electron chi connectivity index (χ2n) is 4.88. The van der Waals surface area contributed by atoms with Crippen LogP contribution in [-0.4, -0.2) is 22.2 Å². The molecule has 0 aliphatic rings. The van der Waals surface area contributed by atoms with Gasteiger partial charge in [0.05, 0.1) is 5.56 Å². The monoisotopic (exact) mass is 260 g/mol. The fraction of sp³-hybridized carbons (Fsp3) is 0.400. The minimum Gasteiger partial charge on any atom is -0.478 e. The number of fused-ring (bicyclic) bond motifs is 1. The molecule has 1 heterocycles. The summed E-state index contributed by atoms with van der Waals surface area (Å²) in [4.78, 5) is 11.2. The highest BCUT2D eigenvalue weighted by atomic mass is 16.4. The fourth-order valence-electron chi connectivity index (χ4n) is 2.54. The summed E-state index contributed by atoms with van der Waals surface area (Å²) in [5, 5.41) is 10.4. The van der Waals surface area contributed by atoms with Gasteiger partial charge >= 0.3 is 5.97 Å². The van der Waals surface area contributed by atoms with E-state index < -0.39 is 5.97 Å². The van der Waals surface area contributed by atoms with Crippen LogP contribution in [-0.2, 0) is 13.0 Å². The number of benzene rings is 1. The summed E-state index contributed by atoms with van der Waals surface area (Å²) in [6.45, 7) is 5.25. The van der Waals surface area contributed by atoms with Crippen molar-refractivity contribution in [3.8, 4) is 0 Å². The van der Waals surface area contributed by atoms with Gasteiger partial charge < -0.3 is 15.4 Å². The van der Waals surface area contributed by atoms with E-state index in [0.717, 1.165) is 29.3 Å². The first-order chi connectivity index (χ1) is 9.08. The third-order valence-corrected chi connectivity index (χ3v) is 3.43. The van der Waals surface area contributed by atoms with Crippen molar-refractivity contribution in [2.75, 3.05) is 6.54 Å². The molecule has 0 aliphatic carbocycles. The second-order valence-corrected chi connectivity index (χ2v) is 4.88. The van der Waals surface area contributed by atoms with E-state index in [1.165, 1.54) is 5.56 Å². The maximum absolute atomic E-state index is 11.2. The van der Waals surface area contributed by atoms with Crippen molar-refractivity contribution in [3.63, 3.8) is 0 Å². The van der Waals surface area contributed by atoms with Crippen molar-refractivity contribution in [2.24, 2.45) is 5.73 Å². The third-order valence-electron chi connectivity index (χ3n) is 3.43. The van der Waals surface area contributed by atoms with Gasteiger partial charge in [-0.15, -0.1) is 0 Å². The largest absolute Gasteiger partial charge is 0.478 e. The Morgan fingerprint density at radius 2 is 2.16 bits per heavy atom. The molecule has 2 rings (SSSR count). The molecule has 1 aromatic heterocycles. The SMILES string of the molecule is CCCc1cn(CCN)c2cc(C(=O)O)c(C)cc12. The van der Waals surface area contributed by atoms with Crippen LogP contribution in [0.2, 0.25) is 0 Å². The Kier molecular flexibility index (Phi) is 3.90. The predicted octanol–water partition coefficient (Wildman–Crippen LogP) is 2.56. The quantitative estimate of drug-likeness (QED) is 0.868. The molecule has 4 nitrogen and oxygen atoms in total. The lowest BCUT2D eigenvalue weighted by atomic mass is 10.0. The molecule has 102 valence electrons. The Hall–Kier alpha value is -1.81. The van der Waals surface area contributed by atoms with E-state index >= 15 is 0 Å². The number of aryl methyl sites for hydroxylation is 2. The first-order valence-corrected chi connectivity index (χ1v) is 6.64. The molecule has 0 bridgehead atoms. The summed E-state index contributed by atoms with van der Waals surface area (Å²) in [7, 11) is 0. The van der Waals surface area contributed by atoms with Gasteiger partial charge in [0.2, 0.25) is 0 Å². The molecule has 0 fully saturated rings. The molecule has 1 aromatic carbocycles. The zero-order valence-corrected chi connectivity index (χ0v) is 11.4. The van der Waals surface area contributed by atoms with Gasteiger partial charge in [0.15, 0.2) is 0 Å². The minimum absolute atomic E-state index is 0.368. The van der Waals surface area contributed by atoms with E-state index in [9.17, 15) is 9.90 Å². The number of carboxylic acids is 1. The van der Waals surface area contributed by atoms with Crippen LogP contribution in [0.1, 0.15) is 34.8 Å². The lowest BCUT2D eigenvalue weighted by Gasteiger charge is -2.06. The van der Waals surface area contributed by atoms with Crippen molar-refractivity contribution in [2.45, 2.75) is 33.2 Å². The summed E-state index contributed by atoms with van der Waals surface area (Å²) in [5.41, 5.74) is 9.04. The van der Waals surface area contributed by atoms with Crippen LogP contribution in [0.3, 0.4) is 0 Å². The number of carbonyl (C=O) groups is 1. The fourth-order valence-corrected chi connectivity index (χ4v) is 2.54. The molecule has 0 spiro atoms. The van der Waals surface area contributed by atoms with Crippen molar-refractivity contribution in [3.05, 3.63) is 35.0 Å². The van der Waals surface area contributed by atoms with Crippen LogP contribution in [0.4, 0.5) is 0 Å². The first kappa shape index (κ1) is 13.6. The number of rotatable bonds is 5. The molecule has 0 saturated heterocycles. The Morgan fingerprint density at radius 1 is 1.42 bits per heavy atom. The van der Waals surface area contributed by atoms with Crippen molar-refractivity contribution in [1.29, 1.82) is 0 Å². The maximum atomic E-state index is 11.2. The first-order valence-electron chi connectivity index (χ1n) is 6.64. The Balaban J connectivity index is 2.68. The number of carboxylic acid groups (broad SMARTS) is 1. The van der Waals surface area contributed by atoms with Crippen molar-refractivity contribution < 1.29 is 9.90 Å². The molecule has 2 aromatic rings. The second kappa shape index (κ2) is 5.45. The topological polar surface area (TPSA) is 68.2 Å². The van der Waals surface area contributed by atoms with E-state index in [0.29, 0.717) is 18.7 Å². The van der Waals surface area contributed by atoms with Gasteiger partial charge in [0, 0.05) is 30.2 Å². The number of hydrogen-bond donors (Lipinski definition) is 2. The zero-order valence-electron chi connectivity index (χ0n) is 11.4. The maximum Gasteiger partial charge on any atom is 0.336 e. The Bertz CT molecular complexity index is 614. The smallest absolute Gasteiger partial charge is 0.336 e. The van der Waals surface area contributed by atoms with Gasteiger partial charge in [-0.2, -0.15) is 0 Å². The van der Waals surface area contributed by atoms with Gasteiger partial charge in [-0.25, -0.2) is 4.79 Å². The van der Waals surface area contributed by atoms with Crippen LogP contribution in [0, 0.1) is 6.92 Å². The molecule has 4 heteroatoms. The van der Waals surface area contributed by atoms with E-state index in [-0.39, 0.29) is 0 Å². The van der Waals surface area contributed by atoms with Gasteiger partial charge in [-0.05, 0) is 36.6 Å². The highest BCUT2D eigenvalue weighted by Gasteiger charge is 2.14. The highest BCUT2D eigenvalue weighted by Crippen LogP contribution is 2.26. The van der Waals surface area contributed by atoms with Crippen molar-refractivity contribution in [1.82, 2.24) is 4.57 Å². The molecule has 0 radical (unpaired) electrons. The molecule has 0 atom stereocenters. The molecule has 0 saturated carbocycles. The van der Waals surface area contributed by atoms with Crippen molar-refractivity contribution >= 4 is 16.9 Å². The molecule has 0 aliphatic heterocycles. The normalized spacial score (nSPS) is 11.1. The van der Waals surface area contributed by atoms with Gasteiger partial charge in [0.1, 0.15) is 0 Å². The summed E-state index contributed by atoms with van der Waals surface area (Å²) < 4.78 is 2.06. The number of aromatic nitrogens is 1. The lowest BCUT2D eigenvalue weighted by Crippen LogP contribution is -2.09. The minimum atomic E-state index is -0.878. The molecular weight excluding hydrogens is 240 g/mol. The summed E-state index contributed by atoms with van der Waals surface area (Å²) in [6, 6.07) is 3.75. The van der Waals surface area contributed by atoms with E-state index in [1.54, 1.807) is 6.07 Å². The van der Waals surface area contributed by atoms with E-state index in [4.69, 9.17) is 5.73 Å². The van der Waals surface area contributed by atoms with Crippen LogP contribution >= 0.6 is 0 Å². The van der Waals surface area contributed by atoms with Gasteiger partial charge in [-0.3, -0.25) is 0 Å². The van der Waals surface area contributed by atoms with E-state index in [2.05, 4.69) is 17.7 Å². The van der Waals surface area contributed by atoms with Crippen LogP contribution < -0.4 is 5.73 Å². The lowest BCUT2D eigenvalue weighted by molar-refractivity contribution is 0.0696. The number of aromatic carboxylic acids is 1. The zero-order chi connectivity index (χ0) is 14.0. The number of hydrogen-bond acceptors (Lipinski definition) is 2. The van der Waals surface area contributed by atoms with Crippen LogP contribution in [0.25, 0.3) is 10.9 Å². The van der Waals surface area contributed by atoms with Gasteiger partial charge in [0.25, 0.3) is 0 Å². The predicted molar refractivity (Wildman–Crippen MR) is 76.7 cm³/mol. The average molecular weight is 260 g/mol. The molecule has 0 unspecified atom stereocenters. The van der Waals surface area contributed by atoms with E-state index in [1.807, 2.05) is 13.0 Å².